The fourth-order valence-electron chi connectivity index (χ4n) is 2.01. The molecule has 0 bridgehead atoms. The molecule has 0 aliphatic carbocycles. The van der Waals surface area contributed by atoms with Gasteiger partial charge in [-0.15, -0.1) is 0 Å². The first-order chi connectivity index (χ1) is 9.08. The van der Waals surface area contributed by atoms with Gasteiger partial charge in [0.2, 0.25) is 0 Å². The lowest BCUT2D eigenvalue weighted by Crippen LogP contribution is -2.45. The largest absolute Gasteiger partial charge is 0.507 e. The number of hydrogen-bond donors (Lipinski definition) is 2. The van der Waals surface area contributed by atoms with Crippen LogP contribution in [0.5, 0.6) is 5.75 Å². The molecule has 104 valence electrons. The van der Waals surface area contributed by atoms with Gasteiger partial charge in [0.05, 0.1) is 18.3 Å². The molecule has 1 aromatic rings. The predicted molar refractivity (Wildman–Crippen MR) is 67.6 cm³/mol. The SMILES string of the molecule is CN(CC1CNCCO1)C(=O)c1cc(F)ccc1O. The van der Waals surface area contributed by atoms with Crippen molar-refractivity contribution in [2.75, 3.05) is 33.3 Å². The number of carbonyl (C=O) groups is 1. The van der Waals surface area contributed by atoms with Gasteiger partial charge >= 0.3 is 0 Å². The van der Waals surface area contributed by atoms with Gasteiger partial charge < -0.3 is 20.1 Å². The molecule has 0 spiro atoms. The number of ether oxygens (including phenoxy) is 1. The van der Waals surface area contributed by atoms with E-state index in [1.165, 1.54) is 11.0 Å². The summed E-state index contributed by atoms with van der Waals surface area (Å²) in [5.41, 5.74) is -0.0359. The summed E-state index contributed by atoms with van der Waals surface area (Å²) in [6.07, 6.45) is -0.0848. The Labute approximate surface area is 111 Å². The van der Waals surface area contributed by atoms with Crippen molar-refractivity contribution in [1.82, 2.24) is 10.2 Å². The molecule has 1 fully saturated rings. The number of likely N-dealkylation sites (N-methyl/N-ethyl adjacent to an activating group) is 1. The van der Waals surface area contributed by atoms with E-state index in [2.05, 4.69) is 5.32 Å². The zero-order valence-electron chi connectivity index (χ0n) is 10.7. The Morgan fingerprint density at radius 2 is 2.42 bits per heavy atom. The maximum absolute atomic E-state index is 13.1. The van der Waals surface area contributed by atoms with E-state index >= 15 is 0 Å². The summed E-state index contributed by atoms with van der Waals surface area (Å²) in [5.74, 6) is -1.20. The first kappa shape index (κ1) is 13.8. The van der Waals surface area contributed by atoms with Gasteiger partial charge in [-0.25, -0.2) is 4.39 Å². The Balaban J connectivity index is 2.03. The van der Waals surface area contributed by atoms with Crippen molar-refractivity contribution in [3.8, 4) is 5.75 Å². The minimum absolute atomic E-state index is 0.0359. The van der Waals surface area contributed by atoms with Gasteiger partial charge in [0, 0.05) is 26.7 Å². The molecular weight excluding hydrogens is 251 g/mol. The van der Waals surface area contributed by atoms with Crippen molar-refractivity contribution in [3.05, 3.63) is 29.6 Å². The number of amides is 1. The first-order valence-corrected chi connectivity index (χ1v) is 6.14. The number of aromatic hydroxyl groups is 1. The van der Waals surface area contributed by atoms with Crippen LogP contribution in [0.2, 0.25) is 0 Å². The normalized spacial score (nSPS) is 19.2. The third-order valence-electron chi connectivity index (χ3n) is 3.02. The summed E-state index contributed by atoms with van der Waals surface area (Å²) in [7, 11) is 1.60. The Kier molecular flexibility index (Phi) is 4.34. The zero-order valence-corrected chi connectivity index (χ0v) is 10.7. The molecule has 1 atom stereocenters. The molecule has 0 saturated carbocycles. The van der Waals surface area contributed by atoms with E-state index in [0.29, 0.717) is 19.7 Å². The van der Waals surface area contributed by atoms with Crippen LogP contribution >= 0.6 is 0 Å². The summed E-state index contributed by atoms with van der Waals surface area (Å²) in [5, 5.41) is 12.8. The Morgan fingerprint density at radius 1 is 1.63 bits per heavy atom. The molecule has 1 unspecified atom stereocenters. The number of rotatable bonds is 3. The van der Waals surface area contributed by atoms with Crippen LogP contribution in [0, 0.1) is 5.82 Å². The van der Waals surface area contributed by atoms with Crippen LogP contribution in [0.1, 0.15) is 10.4 Å². The monoisotopic (exact) mass is 268 g/mol. The van der Waals surface area contributed by atoms with Gasteiger partial charge in [-0.3, -0.25) is 4.79 Å². The topological polar surface area (TPSA) is 61.8 Å². The number of carbonyl (C=O) groups excluding carboxylic acids is 1. The molecule has 1 heterocycles. The van der Waals surface area contributed by atoms with Crippen molar-refractivity contribution in [2.45, 2.75) is 6.10 Å². The lowest BCUT2D eigenvalue weighted by Gasteiger charge is -2.28. The van der Waals surface area contributed by atoms with Gasteiger partial charge in [0.1, 0.15) is 11.6 Å². The molecule has 1 saturated heterocycles. The van der Waals surface area contributed by atoms with E-state index < -0.39 is 11.7 Å². The van der Waals surface area contributed by atoms with E-state index in [0.717, 1.165) is 18.7 Å². The summed E-state index contributed by atoms with van der Waals surface area (Å²) < 4.78 is 18.6. The zero-order chi connectivity index (χ0) is 13.8. The highest BCUT2D eigenvalue weighted by atomic mass is 19.1. The maximum Gasteiger partial charge on any atom is 0.257 e. The molecule has 0 radical (unpaired) electrons. The number of nitrogens with zero attached hydrogens (tertiary/aromatic N) is 1. The van der Waals surface area contributed by atoms with E-state index in [1.807, 2.05) is 0 Å². The van der Waals surface area contributed by atoms with E-state index in [9.17, 15) is 14.3 Å². The van der Waals surface area contributed by atoms with Crippen molar-refractivity contribution >= 4 is 5.91 Å². The van der Waals surface area contributed by atoms with Crippen LogP contribution in [0.3, 0.4) is 0 Å². The molecule has 5 nitrogen and oxygen atoms in total. The van der Waals surface area contributed by atoms with Crippen LogP contribution < -0.4 is 5.32 Å². The Hall–Kier alpha value is -1.66. The van der Waals surface area contributed by atoms with Gasteiger partial charge in [-0.05, 0) is 18.2 Å². The van der Waals surface area contributed by atoms with Crippen molar-refractivity contribution in [1.29, 1.82) is 0 Å². The fraction of sp³-hybridized carbons (Fsp3) is 0.462. The van der Waals surface area contributed by atoms with E-state index in [1.54, 1.807) is 7.05 Å². The molecule has 1 aliphatic heterocycles. The minimum atomic E-state index is -0.551. The second-order valence-electron chi connectivity index (χ2n) is 4.54. The minimum Gasteiger partial charge on any atom is -0.507 e. The lowest BCUT2D eigenvalue weighted by atomic mass is 10.1. The van der Waals surface area contributed by atoms with Crippen molar-refractivity contribution in [3.63, 3.8) is 0 Å². The molecule has 19 heavy (non-hydrogen) atoms. The second-order valence-corrected chi connectivity index (χ2v) is 4.54. The van der Waals surface area contributed by atoms with Crippen molar-refractivity contribution in [2.24, 2.45) is 0 Å². The maximum atomic E-state index is 13.1. The highest BCUT2D eigenvalue weighted by molar-refractivity contribution is 5.96. The lowest BCUT2D eigenvalue weighted by molar-refractivity contribution is 0.0103. The Bertz CT molecular complexity index is 461. The number of benzene rings is 1. The summed E-state index contributed by atoms with van der Waals surface area (Å²) >= 11 is 0. The molecule has 2 N–H and O–H groups in total. The number of hydrogen-bond acceptors (Lipinski definition) is 4. The number of phenols is 1. The Morgan fingerprint density at radius 3 is 3.11 bits per heavy atom. The molecular formula is C13H17FN2O3. The van der Waals surface area contributed by atoms with Crippen LogP contribution in [0.15, 0.2) is 18.2 Å². The smallest absolute Gasteiger partial charge is 0.257 e. The summed E-state index contributed by atoms with van der Waals surface area (Å²) in [6.45, 7) is 2.48. The number of halogens is 1. The molecule has 1 amide bonds. The number of nitrogens with one attached hydrogen (secondary N) is 1. The van der Waals surface area contributed by atoms with Crippen LogP contribution in [-0.2, 0) is 4.74 Å². The average molecular weight is 268 g/mol. The summed E-state index contributed by atoms with van der Waals surface area (Å²) in [6, 6.07) is 3.32. The second kappa shape index (κ2) is 5.99. The van der Waals surface area contributed by atoms with Crippen LogP contribution in [-0.4, -0.2) is 55.3 Å². The number of phenolic OH excluding ortho intramolecular Hbond substituents is 1. The average Bonchev–Trinajstić information content (AvgIpc) is 2.42. The highest BCUT2D eigenvalue weighted by Gasteiger charge is 2.21. The van der Waals surface area contributed by atoms with Gasteiger partial charge in [0.25, 0.3) is 5.91 Å². The van der Waals surface area contributed by atoms with E-state index in [-0.39, 0.29) is 17.4 Å². The first-order valence-electron chi connectivity index (χ1n) is 6.14. The third kappa shape index (κ3) is 3.42. The quantitative estimate of drug-likeness (QED) is 0.842. The highest BCUT2D eigenvalue weighted by Crippen LogP contribution is 2.19. The molecule has 2 rings (SSSR count). The fourth-order valence-corrected chi connectivity index (χ4v) is 2.01. The van der Waals surface area contributed by atoms with Gasteiger partial charge in [0.15, 0.2) is 0 Å². The third-order valence-corrected chi connectivity index (χ3v) is 3.02. The molecule has 1 aliphatic rings. The molecule has 1 aromatic carbocycles. The van der Waals surface area contributed by atoms with Crippen LogP contribution in [0.25, 0.3) is 0 Å². The van der Waals surface area contributed by atoms with E-state index in [4.69, 9.17) is 4.74 Å². The van der Waals surface area contributed by atoms with Gasteiger partial charge in [-0.2, -0.15) is 0 Å². The summed E-state index contributed by atoms with van der Waals surface area (Å²) in [4.78, 5) is 13.5. The van der Waals surface area contributed by atoms with Gasteiger partial charge in [-0.1, -0.05) is 0 Å². The van der Waals surface area contributed by atoms with Crippen LogP contribution in [0.4, 0.5) is 4.39 Å². The van der Waals surface area contributed by atoms with Crippen molar-refractivity contribution < 1.29 is 19.0 Å². The molecule has 0 aromatic heterocycles. The molecule has 6 heteroatoms. The number of morpholine rings is 1. The predicted octanol–water partition coefficient (Wildman–Crippen LogP) is 0.592. The standard InChI is InChI=1S/C13H17FN2O3/c1-16(8-10-7-15-4-5-19-10)13(18)11-6-9(14)2-3-12(11)17/h2-3,6,10,15,17H,4-5,7-8H2,1H3.